The van der Waals surface area contributed by atoms with Crippen molar-refractivity contribution >= 4 is 11.6 Å². The van der Waals surface area contributed by atoms with Gasteiger partial charge in [0.2, 0.25) is 5.88 Å². The van der Waals surface area contributed by atoms with Gasteiger partial charge in [-0.25, -0.2) is 4.98 Å². The van der Waals surface area contributed by atoms with Crippen LogP contribution in [0.25, 0.3) is 0 Å². The molecule has 0 bridgehead atoms. The molecular weight excluding hydrogens is 284 g/mol. The summed E-state index contributed by atoms with van der Waals surface area (Å²) < 4.78 is 5.87. The number of nitrogens with zero attached hydrogens (tertiary/aromatic N) is 1. The Balaban J connectivity index is 2.19. The van der Waals surface area contributed by atoms with Crippen molar-refractivity contribution in [2.75, 3.05) is 0 Å². The predicted octanol–water partition coefficient (Wildman–Crippen LogP) is 4.29. The summed E-state index contributed by atoms with van der Waals surface area (Å²) in [6.45, 7) is 6.04. The molecule has 1 unspecified atom stereocenters. The zero-order valence-electron chi connectivity index (χ0n) is 12.7. The molecule has 112 valence electrons. The van der Waals surface area contributed by atoms with Gasteiger partial charge in [-0.3, -0.25) is 0 Å². The van der Waals surface area contributed by atoms with E-state index in [1.807, 2.05) is 38.2 Å². The topological polar surface area (TPSA) is 48.1 Å². The van der Waals surface area contributed by atoms with Gasteiger partial charge in [-0.1, -0.05) is 18.5 Å². The second kappa shape index (κ2) is 6.92. The smallest absolute Gasteiger partial charge is 0.222 e. The molecule has 0 spiro atoms. The maximum Gasteiger partial charge on any atom is 0.222 e. The Kier molecular flexibility index (Phi) is 5.21. The van der Waals surface area contributed by atoms with Crippen molar-refractivity contribution in [1.82, 2.24) is 4.98 Å². The third-order valence-electron chi connectivity index (χ3n) is 3.26. The summed E-state index contributed by atoms with van der Waals surface area (Å²) in [6, 6.07) is 7.87. The van der Waals surface area contributed by atoms with Crippen LogP contribution in [-0.4, -0.2) is 11.0 Å². The van der Waals surface area contributed by atoms with E-state index in [4.69, 9.17) is 22.1 Å². The van der Waals surface area contributed by atoms with Crippen LogP contribution >= 0.6 is 11.6 Å². The minimum atomic E-state index is 0.126. The molecule has 4 heteroatoms. The summed E-state index contributed by atoms with van der Waals surface area (Å²) in [5.41, 5.74) is 9.01. The van der Waals surface area contributed by atoms with Gasteiger partial charge in [-0.05, 0) is 62.1 Å². The summed E-state index contributed by atoms with van der Waals surface area (Å²) in [7, 11) is 0. The van der Waals surface area contributed by atoms with E-state index in [0.29, 0.717) is 5.88 Å². The van der Waals surface area contributed by atoms with Gasteiger partial charge in [0.15, 0.2) is 0 Å². The number of rotatable bonds is 5. The molecular formula is C17H21ClN2O. The SMILES string of the molecule is CCc1cc(Oc2ncc(CC(C)N)cc2C)ccc1Cl. The van der Waals surface area contributed by atoms with E-state index in [0.717, 1.165) is 40.3 Å². The van der Waals surface area contributed by atoms with Gasteiger partial charge >= 0.3 is 0 Å². The monoisotopic (exact) mass is 304 g/mol. The molecule has 1 atom stereocenters. The molecule has 0 saturated carbocycles. The van der Waals surface area contributed by atoms with Gasteiger partial charge < -0.3 is 10.5 Å². The molecule has 0 fully saturated rings. The third kappa shape index (κ3) is 4.19. The van der Waals surface area contributed by atoms with Gasteiger partial charge in [0.25, 0.3) is 0 Å². The van der Waals surface area contributed by atoms with Gasteiger partial charge in [-0.15, -0.1) is 0 Å². The summed E-state index contributed by atoms with van der Waals surface area (Å²) in [4.78, 5) is 4.39. The van der Waals surface area contributed by atoms with E-state index in [2.05, 4.69) is 18.0 Å². The van der Waals surface area contributed by atoms with Crippen LogP contribution in [0.5, 0.6) is 11.6 Å². The highest BCUT2D eigenvalue weighted by molar-refractivity contribution is 6.31. The number of benzene rings is 1. The lowest BCUT2D eigenvalue weighted by molar-refractivity contribution is 0.457. The average Bonchev–Trinajstić information content (AvgIpc) is 2.43. The lowest BCUT2D eigenvalue weighted by Gasteiger charge is -2.11. The average molecular weight is 305 g/mol. The van der Waals surface area contributed by atoms with Crippen LogP contribution < -0.4 is 10.5 Å². The molecule has 0 aliphatic rings. The first-order valence-electron chi connectivity index (χ1n) is 7.17. The first kappa shape index (κ1) is 15.8. The molecule has 2 N–H and O–H groups in total. The predicted molar refractivity (Wildman–Crippen MR) is 87.2 cm³/mol. The van der Waals surface area contributed by atoms with Crippen LogP contribution in [0.1, 0.15) is 30.5 Å². The van der Waals surface area contributed by atoms with Crippen LogP contribution in [0.2, 0.25) is 5.02 Å². The quantitative estimate of drug-likeness (QED) is 0.896. The highest BCUT2D eigenvalue weighted by Gasteiger charge is 2.07. The Labute approximate surface area is 131 Å². The number of hydrogen-bond donors (Lipinski definition) is 1. The molecule has 3 nitrogen and oxygen atoms in total. The van der Waals surface area contributed by atoms with E-state index < -0.39 is 0 Å². The number of hydrogen-bond acceptors (Lipinski definition) is 3. The Morgan fingerprint density at radius 1 is 1.33 bits per heavy atom. The van der Waals surface area contributed by atoms with Crippen molar-refractivity contribution in [2.45, 2.75) is 39.7 Å². The van der Waals surface area contributed by atoms with Crippen LogP contribution in [0, 0.1) is 6.92 Å². The summed E-state index contributed by atoms with van der Waals surface area (Å²) in [6.07, 6.45) is 3.51. The van der Waals surface area contributed by atoms with Crippen LogP contribution in [0.15, 0.2) is 30.5 Å². The number of aryl methyl sites for hydroxylation is 2. The molecule has 1 aromatic heterocycles. The maximum atomic E-state index is 6.12. The van der Waals surface area contributed by atoms with E-state index in [1.165, 1.54) is 0 Å². The van der Waals surface area contributed by atoms with Crippen molar-refractivity contribution in [3.8, 4) is 11.6 Å². The van der Waals surface area contributed by atoms with Crippen molar-refractivity contribution in [3.05, 3.63) is 52.2 Å². The van der Waals surface area contributed by atoms with Crippen molar-refractivity contribution in [2.24, 2.45) is 5.73 Å². The molecule has 0 aliphatic heterocycles. The Morgan fingerprint density at radius 2 is 2.10 bits per heavy atom. The van der Waals surface area contributed by atoms with E-state index in [9.17, 15) is 0 Å². The highest BCUT2D eigenvalue weighted by Crippen LogP contribution is 2.27. The first-order chi connectivity index (χ1) is 9.99. The fourth-order valence-electron chi connectivity index (χ4n) is 2.21. The number of halogens is 1. The number of pyridine rings is 1. The lowest BCUT2D eigenvalue weighted by Crippen LogP contribution is -2.17. The fourth-order valence-corrected chi connectivity index (χ4v) is 2.46. The number of ether oxygens (including phenoxy) is 1. The van der Waals surface area contributed by atoms with Crippen molar-refractivity contribution in [3.63, 3.8) is 0 Å². The Morgan fingerprint density at radius 3 is 2.71 bits per heavy atom. The second-order valence-electron chi connectivity index (χ2n) is 5.36. The van der Waals surface area contributed by atoms with Gasteiger partial charge in [0.1, 0.15) is 5.75 Å². The summed E-state index contributed by atoms with van der Waals surface area (Å²) in [5.74, 6) is 1.37. The summed E-state index contributed by atoms with van der Waals surface area (Å²) in [5, 5.41) is 0.766. The standard InChI is InChI=1S/C17H21ClN2O/c1-4-14-9-15(5-6-16(14)18)21-17-11(2)7-13(10-20-17)8-12(3)19/h5-7,9-10,12H,4,8,19H2,1-3H3. The molecule has 0 amide bonds. The minimum absolute atomic E-state index is 0.126. The largest absolute Gasteiger partial charge is 0.439 e. The normalized spacial score (nSPS) is 12.2. The molecule has 0 radical (unpaired) electrons. The fraction of sp³-hybridized carbons (Fsp3) is 0.353. The molecule has 2 rings (SSSR count). The second-order valence-corrected chi connectivity index (χ2v) is 5.76. The maximum absolute atomic E-state index is 6.12. The van der Waals surface area contributed by atoms with Crippen LogP contribution in [0.3, 0.4) is 0 Å². The molecule has 1 aromatic carbocycles. The third-order valence-corrected chi connectivity index (χ3v) is 3.63. The van der Waals surface area contributed by atoms with Gasteiger partial charge in [0.05, 0.1) is 0 Å². The zero-order valence-corrected chi connectivity index (χ0v) is 13.4. The van der Waals surface area contributed by atoms with Gasteiger partial charge in [0, 0.05) is 22.8 Å². The van der Waals surface area contributed by atoms with Crippen molar-refractivity contribution < 1.29 is 4.74 Å². The molecule has 2 aromatic rings. The van der Waals surface area contributed by atoms with Crippen molar-refractivity contribution in [1.29, 1.82) is 0 Å². The van der Waals surface area contributed by atoms with E-state index in [1.54, 1.807) is 0 Å². The lowest BCUT2D eigenvalue weighted by atomic mass is 10.1. The molecule has 0 aliphatic carbocycles. The zero-order chi connectivity index (χ0) is 15.4. The Hall–Kier alpha value is -1.58. The van der Waals surface area contributed by atoms with E-state index >= 15 is 0 Å². The molecule has 0 saturated heterocycles. The first-order valence-corrected chi connectivity index (χ1v) is 7.54. The van der Waals surface area contributed by atoms with Crippen LogP contribution in [-0.2, 0) is 12.8 Å². The van der Waals surface area contributed by atoms with E-state index in [-0.39, 0.29) is 6.04 Å². The van der Waals surface area contributed by atoms with Gasteiger partial charge in [-0.2, -0.15) is 0 Å². The number of nitrogens with two attached hydrogens (primary N) is 1. The number of aromatic nitrogens is 1. The van der Waals surface area contributed by atoms with Crippen LogP contribution in [0.4, 0.5) is 0 Å². The Bertz CT molecular complexity index is 626. The minimum Gasteiger partial charge on any atom is -0.439 e. The molecule has 1 heterocycles. The summed E-state index contributed by atoms with van der Waals surface area (Å²) >= 11 is 6.12. The highest BCUT2D eigenvalue weighted by atomic mass is 35.5. The molecule has 21 heavy (non-hydrogen) atoms.